The number of hydrogen-bond donors (Lipinski definition) is 2. The van der Waals surface area contributed by atoms with Gasteiger partial charge in [-0.3, -0.25) is 4.79 Å². The maximum absolute atomic E-state index is 12.8. The number of aliphatic hydroxyl groups excluding tert-OH is 1. The Balaban J connectivity index is 1.15. The van der Waals surface area contributed by atoms with E-state index < -0.39 is 6.23 Å². The number of methoxy groups -OCH3 is 1. The van der Waals surface area contributed by atoms with Crippen LogP contribution >= 0.6 is 11.3 Å². The largest absolute Gasteiger partial charge is 0.497 e. The van der Waals surface area contributed by atoms with Crippen LogP contribution in [-0.4, -0.2) is 48.8 Å². The van der Waals surface area contributed by atoms with Crippen molar-refractivity contribution in [2.45, 2.75) is 38.1 Å². The number of ether oxygens (including phenoxy) is 2. The van der Waals surface area contributed by atoms with Gasteiger partial charge in [-0.2, -0.15) is 0 Å². The third-order valence-corrected chi connectivity index (χ3v) is 9.13. The molecule has 2 N–H and O–H groups in total. The highest BCUT2D eigenvalue weighted by Crippen LogP contribution is 2.43. The van der Waals surface area contributed by atoms with Gasteiger partial charge in [0.2, 0.25) is 0 Å². The van der Waals surface area contributed by atoms with Gasteiger partial charge in [-0.25, -0.2) is 4.98 Å². The summed E-state index contributed by atoms with van der Waals surface area (Å²) in [6.45, 7) is 2.45. The number of aliphatic hydroxyl groups is 1. The van der Waals surface area contributed by atoms with E-state index in [4.69, 9.17) is 14.5 Å². The number of aromatic nitrogens is 1. The highest BCUT2D eigenvalue weighted by Gasteiger charge is 2.30. The molecule has 7 rings (SSSR count). The van der Waals surface area contributed by atoms with E-state index in [1.54, 1.807) is 7.11 Å². The van der Waals surface area contributed by atoms with Gasteiger partial charge in [0.05, 0.1) is 24.2 Å². The molecule has 1 atom stereocenters. The summed E-state index contributed by atoms with van der Waals surface area (Å²) in [6, 6.07) is 22.2. The number of carbonyl (C=O) groups excluding carboxylic acids is 1. The lowest BCUT2D eigenvalue weighted by Gasteiger charge is -2.30. The summed E-state index contributed by atoms with van der Waals surface area (Å²) in [5, 5.41) is 14.8. The summed E-state index contributed by atoms with van der Waals surface area (Å²) < 4.78 is 11.4. The molecule has 0 radical (unpaired) electrons. The molecule has 2 aliphatic heterocycles. The fourth-order valence-corrected chi connectivity index (χ4v) is 6.71. The van der Waals surface area contributed by atoms with E-state index in [2.05, 4.69) is 16.3 Å². The highest BCUT2D eigenvalue weighted by molar-refractivity contribution is 7.17. The van der Waals surface area contributed by atoms with Crippen molar-refractivity contribution >= 4 is 28.7 Å². The average molecular weight is 569 g/mol. The molecule has 210 valence electrons. The molecule has 41 heavy (non-hydrogen) atoms. The Morgan fingerprint density at radius 3 is 2.83 bits per heavy atom. The second kappa shape index (κ2) is 10.7. The number of fused-ring (bicyclic) bond motifs is 4. The van der Waals surface area contributed by atoms with Crippen LogP contribution < -0.4 is 24.6 Å². The number of benzene rings is 2. The fraction of sp³-hybridized carbons (Fsp3) is 0.312. The maximum atomic E-state index is 12.8. The molecule has 2 aromatic heterocycles. The predicted octanol–water partition coefficient (Wildman–Crippen LogP) is 5.16. The van der Waals surface area contributed by atoms with Gasteiger partial charge in [0.15, 0.2) is 6.23 Å². The molecular weight excluding hydrogens is 536 g/mol. The molecule has 0 saturated heterocycles. The van der Waals surface area contributed by atoms with Crippen molar-refractivity contribution in [1.82, 2.24) is 10.3 Å². The van der Waals surface area contributed by atoms with Crippen LogP contribution in [0, 0.1) is 0 Å². The van der Waals surface area contributed by atoms with Gasteiger partial charge in [0.1, 0.15) is 23.9 Å². The van der Waals surface area contributed by atoms with Gasteiger partial charge in [-0.15, -0.1) is 11.3 Å². The van der Waals surface area contributed by atoms with Crippen LogP contribution in [0.5, 0.6) is 11.5 Å². The summed E-state index contributed by atoms with van der Waals surface area (Å²) in [5.74, 6) is 2.40. The molecular formula is C32H32N4O4S. The minimum atomic E-state index is -0.928. The third-order valence-electron chi connectivity index (χ3n) is 7.92. The zero-order chi connectivity index (χ0) is 27.9. The fourth-order valence-electron chi connectivity index (χ4n) is 5.56. The van der Waals surface area contributed by atoms with E-state index in [0.29, 0.717) is 38.0 Å². The quantitative estimate of drug-likeness (QED) is 0.332. The van der Waals surface area contributed by atoms with Crippen molar-refractivity contribution in [3.05, 3.63) is 88.4 Å². The molecule has 4 heterocycles. The lowest BCUT2D eigenvalue weighted by molar-refractivity contribution is 0.0955. The third kappa shape index (κ3) is 5.11. The molecule has 9 heteroatoms. The number of para-hydroxylation sites is 1. The Morgan fingerprint density at radius 1 is 1.10 bits per heavy atom. The summed E-state index contributed by atoms with van der Waals surface area (Å²) in [5.41, 5.74) is 4.76. The van der Waals surface area contributed by atoms with Crippen molar-refractivity contribution in [3.63, 3.8) is 0 Å². The maximum Gasteiger partial charge on any atom is 0.261 e. The monoisotopic (exact) mass is 568 g/mol. The Kier molecular flexibility index (Phi) is 6.76. The van der Waals surface area contributed by atoms with Crippen molar-refractivity contribution < 1.29 is 19.4 Å². The van der Waals surface area contributed by atoms with Gasteiger partial charge in [-0.1, -0.05) is 24.3 Å². The van der Waals surface area contributed by atoms with Crippen LogP contribution in [0.3, 0.4) is 0 Å². The van der Waals surface area contributed by atoms with E-state index in [-0.39, 0.29) is 5.91 Å². The molecule has 8 nitrogen and oxygen atoms in total. The topological polar surface area (TPSA) is 87.2 Å². The SMILES string of the molecule is COc1ccc2c(c1)OCCN(c1cccc(C(O)N3CCc4cc(C(=O)NC5CC5)sc4-c4ccccc43)n1)C2. The van der Waals surface area contributed by atoms with E-state index in [1.807, 2.05) is 65.6 Å². The normalized spacial score (nSPS) is 16.8. The minimum Gasteiger partial charge on any atom is -0.497 e. The zero-order valence-corrected chi connectivity index (χ0v) is 23.7. The van der Waals surface area contributed by atoms with E-state index in [1.165, 1.54) is 11.3 Å². The average Bonchev–Trinajstić information content (AvgIpc) is 3.78. The van der Waals surface area contributed by atoms with Crippen LogP contribution in [0.15, 0.2) is 66.7 Å². The second-order valence-corrected chi connectivity index (χ2v) is 11.8. The van der Waals surface area contributed by atoms with Gasteiger partial charge in [-0.05, 0) is 61.2 Å². The number of carbonyl (C=O) groups is 1. The molecule has 1 amide bonds. The summed E-state index contributed by atoms with van der Waals surface area (Å²) in [4.78, 5) is 23.8. The molecule has 1 fully saturated rings. The van der Waals surface area contributed by atoms with Crippen molar-refractivity contribution in [2.24, 2.45) is 0 Å². The van der Waals surface area contributed by atoms with Gasteiger partial charge >= 0.3 is 0 Å². The number of thiophene rings is 1. The van der Waals surface area contributed by atoms with Crippen LogP contribution in [0.2, 0.25) is 0 Å². The molecule has 1 saturated carbocycles. The second-order valence-electron chi connectivity index (χ2n) is 10.7. The molecule has 0 spiro atoms. The van der Waals surface area contributed by atoms with Gasteiger partial charge < -0.3 is 29.7 Å². The first kappa shape index (κ1) is 25.9. The number of hydrogen-bond acceptors (Lipinski definition) is 8. The van der Waals surface area contributed by atoms with Crippen molar-refractivity contribution in [1.29, 1.82) is 0 Å². The van der Waals surface area contributed by atoms with E-state index in [0.717, 1.165) is 68.7 Å². The highest BCUT2D eigenvalue weighted by atomic mass is 32.1. The van der Waals surface area contributed by atoms with Crippen LogP contribution in [0.1, 0.15) is 45.6 Å². The molecule has 2 aromatic carbocycles. The van der Waals surface area contributed by atoms with Crippen LogP contribution in [0.4, 0.5) is 11.5 Å². The Bertz CT molecular complexity index is 1600. The molecule has 4 aromatic rings. The first-order valence-corrected chi connectivity index (χ1v) is 14.9. The minimum absolute atomic E-state index is 0.0154. The number of pyridine rings is 1. The summed E-state index contributed by atoms with van der Waals surface area (Å²) in [6.07, 6.45) is 1.92. The van der Waals surface area contributed by atoms with E-state index in [9.17, 15) is 9.90 Å². The summed E-state index contributed by atoms with van der Waals surface area (Å²) in [7, 11) is 1.65. The number of anilines is 2. The Morgan fingerprint density at radius 2 is 1.98 bits per heavy atom. The molecule has 1 aliphatic carbocycles. The standard InChI is InChI=1S/C32H32N4O4S/c1-39-23-12-9-21-19-35(15-16-40-27(21)18-23)29-8-4-6-25(34-29)32(38)36-14-13-20-17-28(31(37)33-22-10-11-22)41-30(20)24-5-2-3-7-26(24)36/h2-9,12,17-18,22,32,38H,10-11,13-16,19H2,1H3,(H,33,37). The molecule has 3 aliphatic rings. The smallest absolute Gasteiger partial charge is 0.261 e. The molecule has 0 bridgehead atoms. The first-order chi connectivity index (χ1) is 20.1. The van der Waals surface area contributed by atoms with E-state index >= 15 is 0 Å². The van der Waals surface area contributed by atoms with Crippen LogP contribution in [0.25, 0.3) is 10.4 Å². The zero-order valence-electron chi connectivity index (χ0n) is 22.9. The van der Waals surface area contributed by atoms with Crippen molar-refractivity contribution in [2.75, 3.05) is 36.6 Å². The number of amides is 1. The summed E-state index contributed by atoms with van der Waals surface area (Å²) >= 11 is 1.54. The predicted molar refractivity (Wildman–Crippen MR) is 160 cm³/mol. The first-order valence-electron chi connectivity index (χ1n) is 14.1. The van der Waals surface area contributed by atoms with Crippen LogP contribution in [-0.2, 0) is 13.0 Å². The Hall–Kier alpha value is -4.08. The Labute approximate surface area is 243 Å². The van der Waals surface area contributed by atoms with Crippen molar-refractivity contribution in [3.8, 4) is 21.9 Å². The van der Waals surface area contributed by atoms with Gasteiger partial charge in [0.25, 0.3) is 5.91 Å². The lowest BCUT2D eigenvalue weighted by Crippen LogP contribution is -2.32. The lowest BCUT2D eigenvalue weighted by atomic mass is 10.1. The number of nitrogens with one attached hydrogen (secondary N) is 1. The number of rotatable bonds is 6. The number of nitrogens with zero attached hydrogens (tertiary/aromatic N) is 3. The molecule has 1 unspecified atom stereocenters. The van der Waals surface area contributed by atoms with Gasteiger partial charge in [0, 0.05) is 46.9 Å².